The summed E-state index contributed by atoms with van der Waals surface area (Å²) in [6, 6.07) is 1.69. The molecule has 13 heavy (non-hydrogen) atoms. The van der Waals surface area contributed by atoms with Gasteiger partial charge in [0.2, 0.25) is 0 Å². The lowest BCUT2D eigenvalue weighted by molar-refractivity contribution is 0.0691. The molecular formula is C6H4N4O2S. The Morgan fingerprint density at radius 1 is 1.54 bits per heavy atom. The Morgan fingerprint density at radius 3 is 3.00 bits per heavy atom. The van der Waals surface area contributed by atoms with E-state index in [4.69, 9.17) is 5.11 Å². The highest BCUT2D eigenvalue weighted by atomic mass is 32.1. The first-order chi connectivity index (χ1) is 6.29. The molecule has 66 valence electrons. The van der Waals surface area contributed by atoms with Crippen LogP contribution in [0.1, 0.15) is 10.5 Å². The molecule has 0 aliphatic rings. The number of aromatic amines is 1. The monoisotopic (exact) mass is 196 g/mol. The molecule has 0 radical (unpaired) electrons. The van der Waals surface area contributed by atoms with Gasteiger partial charge in [0.1, 0.15) is 11.4 Å². The highest BCUT2D eigenvalue weighted by molar-refractivity contribution is 7.03. The molecule has 7 heteroatoms. The standard InChI is InChI=1S/C6H4N4O2S/c11-6(12)5-4(7-10-8-5)3-1-2-13-9-3/h1-2H,(H,11,12)(H,7,8,10). The number of aromatic carboxylic acids is 1. The summed E-state index contributed by atoms with van der Waals surface area (Å²) < 4.78 is 3.96. The van der Waals surface area contributed by atoms with Crippen molar-refractivity contribution in [2.75, 3.05) is 0 Å². The third-order valence-corrected chi connectivity index (χ3v) is 1.99. The second kappa shape index (κ2) is 2.94. The summed E-state index contributed by atoms with van der Waals surface area (Å²) in [7, 11) is 0. The molecule has 0 saturated heterocycles. The van der Waals surface area contributed by atoms with Gasteiger partial charge in [0, 0.05) is 5.38 Å². The van der Waals surface area contributed by atoms with Crippen LogP contribution in [-0.4, -0.2) is 30.9 Å². The minimum absolute atomic E-state index is 0.106. The average Bonchev–Trinajstić information content (AvgIpc) is 2.74. The fraction of sp³-hybridized carbons (Fsp3) is 0. The van der Waals surface area contributed by atoms with Gasteiger partial charge in [-0.25, -0.2) is 4.79 Å². The Labute approximate surface area is 76.4 Å². The first kappa shape index (κ1) is 7.87. The maximum absolute atomic E-state index is 10.6. The van der Waals surface area contributed by atoms with Crippen molar-refractivity contribution in [1.82, 2.24) is 19.8 Å². The molecule has 0 amide bonds. The first-order valence-corrected chi connectivity index (χ1v) is 4.17. The zero-order valence-corrected chi connectivity index (χ0v) is 7.08. The summed E-state index contributed by atoms with van der Waals surface area (Å²) in [5, 5.41) is 19.9. The number of carbonyl (C=O) groups is 1. The molecule has 0 atom stereocenters. The van der Waals surface area contributed by atoms with Crippen molar-refractivity contribution in [3.63, 3.8) is 0 Å². The van der Waals surface area contributed by atoms with Crippen LogP contribution in [0.5, 0.6) is 0 Å². The number of nitrogens with zero attached hydrogens (tertiary/aromatic N) is 3. The van der Waals surface area contributed by atoms with Gasteiger partial charge in [-0.2, -0.15) is 14.7 Å². The molecule has 0 bridgehead atoms. The lowest BCUT2D eigenvalue weighted by Gasteiger charge is -1.88. The summed E-state index contributed by atoms with van der Waals surface area (Å²) >= 11 is 1.23. The van der Waals surface area contributed by atoms with Crippen LogP contribution in [-0.2, 0) is 0 Å². The molecule has 6 nitrogen and oxygen atoms in total. The summed E-state index contributed by atoms with van der Waals surface area (Å²) in [6.07, 6.45) is 0. The predicted octanol–water partition coefficient (Wildman–Crippen LogP) is 0.626. The fourth-order valence-corrected chi connectivity index (χ4v) is 1.40. The summed E-state index contributed by atoms with van der Waals surface area (Å²) in [5.41, 5.74) is 0.691. The Hall–Kier alpha value is -1.76. The lowest BCUT2D eigenvalue weighted by atomic mass is 10.2. The minimum atomic E-state index is -1.11. The average molecular weight is 196 g/mol. The SMILES string of the molecule is O=C(O)c1n[nH]nc1-c1ccsn1. The third-order valence-electron chi connectivity index (χ3n) is 1.43. The second-order valence-electron chi connectivity index (χ2n) is 2.21. The summed E-state index contributed by atoms with van der Waals surface area (Å²) in [4.78, 5) is 10.6. The fourth-order valence-electron chi connectivity index (χ4n) is 0.893. The maximum atomic E-state index is 10.6. The normalized spacial score (nSPS) is 10.2. The molecule has 2 aromatic heterocycles. The minimum Gasteiger partial charge on any atom is -0.476 e. The molecule has 0 saturated carbocycles. The third kappa shape index (κ3) is 1.29. The van der Waals surface area contributed by atoms with Crippen LogP contribution in [0, 0.1) is 0 Å². The molecule has 0 aromatic carbocycles. The maximum Gasteiger partial charge on any atom is 0.358 e. The topological polar surface area (TPSA) is 91.8 Å². The largest absolute Gasteiger partial charge is 0.476 e. The Morgan fingerprint density at radius 2 is 2.38 bits per heavy atom. The number of nitrogens with one attached hydrogen (secondary N) is 1. The predicted molar refractivity (Wildman–Crippen MR) is 44.5 cm³/mol. The highest BCUT2D eigenvalue weighted by Gasteiger charge is 2.17. The van der Waals surface area contributed by atoms with E-state index in [1.165, 1.54) is 11.5 Å². The van der Waals surface area contributed by atoms with E-state index in [0.717, 1.165) is 0 Å². The van der Waals surface area contributed by atoms with Gasteiger partial charge in [0.05, 0.1) is 0 Å². The van der Waals surface area contributed by atoms with Gasteiger partial charge in [-0.1, -0.05) is 0 Å². The van der Waals surface area contributed by atoms with Crippen molar-refractivity contribution in [2.24, 2.45) is 0 Å². The van der Waals surface area contributed by atoms with Crippen LogP contribution in [0.25, 0.3) is 11.4 Å². The van der Waals surface area contributed by atoms with Gasteiger partial charge in [0.25, 0.3) is 0 Å². The van der Waals surface area contributed by atoms with Crippen molar-refractivity contribution >= 4 is 17.5 Å². The first-order valence-electron chi connectivity index (χ1n) is 3.34. The van der Waals surface area contributed by atoms with E-state index in [0.29, 0.717) is 5.69 Å². The molecule has 0 spiro atoms. The van der Waals surface area contributed by atoms with Crippen molar-refractivity contribution < 1.29 is 9.90 Å². The van der Waals surface area contributed by atoms with Gasteiger partial charge >= 0.3 is 5.97 Å². The van der Waals surface area contributed by atoms with E-state index in [9.17, 15) is 4.79 Å². The lowest BCUT2D eigenvalue weighted by Crippen LogP contribution is -1.99. The molecule has 0 fully saturated rings. The van der Waals surface area contributed by atoms with Crippen molar-refractivity contribution in [1.29, 1.82) is 0 Å². The van der Waals surface area contributed by atoms with Crippen LogP contribution in [0.2, 0.25) is 0 Å². The van der Waals surface area contributed by atoms with E-state index in [2.05, 4.69) is 19.8 Å². The molecule has 2 aromatic rings. The second-order valence-corrected chi connectivity index (χ2v) is 2.88. The molecule has 0 aliphatic heterocycles. The van der Waals surface area contributed by atoms with Crippen molar-refractivity contribution in [3.8, 4) is 11.4 Å². The van der Waals surface area contributed by atoms with E-state index < -0.39 is 5.97 Å². The number of rotatable bonds is 2. The highest BCUT2D eigenvalue weighted by Crippen LogP contribution is 2.18. The van der Waals surface area contributed by atoms with Gasteiger partial charge < -0.3 is 5.11 Å². The Balaban J connectivity index is 2.52. The van der Waals surface area contributed by atoms with Crippen molar-refractivity contribution in [3.05, 3.63) is 17.1 Å². The van der Waals surface area contributed by atoms with Crippen LogP contribution in [0.15, 0.2) is 11.4 Å². The number of carboxylic acid groups (broad SMARTS) is 1. The van der Waals surface area contributed by atoms with Gasteiger partial charge in [-0.05, 0) is 17.6 Å². The zero-order chi connectivity index (χ0) is 9.26. The molecule has 2 rings (SSSR count). The van der Waals surface area contributed by atoms with E-state index in [1.807, 2.05) is 0 Å². The van der Waals surface area contributed by atoms with Crippen LogP contribution >= 0.6 is 11.5 Å². The number of hydrogen-bond acceptors (Lipinski definition) is 5. The van der Waals surface area contributed by atoms with E-state index in [1.54, 1.807) is 11.4 Å². The quantitative estimate of drug-likeness (QED) is 0.734. The Kier molecular flexibility index (Phi) is 1.78. The Bertz CT molecular complexity index is 422. The van der Waals surface area contributed by atoms with Crippen molar-refractivity contribution in [2.45, 2.75) is 0 Å². The number of carboxylic acids is 1. The number of H-pyrrole nitrogens is 1. The summed E-state index contributed by atoms with van der Waals surface area (Å²) in [5.74, 6) is -1.11. The number of hydrogen-bond donors (Lipinski definition) is 2. The molecule has 2 N–H and O–H groups in total. The number of aromatic nitrogens is 4. The molecule has 0 aliphatic carbocycles. The van der Waals surface area contributed by atoms with Gasteiger partial charge in [-0.15, -0.1) is 5.10 Å². The molecule has 2 heterocycles. The van der Waals surface area contributed by atoms with Gasteiger partial charge in [-0.3, -0.25) is 0 Å². The smallest absolute Gasteiger partial charge is 0.358 e. The zero-order valence-electron chi connectivity index (χ0n) is 6.26. The van der Waals surface area contributed by atoms with Crippen LogP contribution < -0.4 is 0 Å². The van der Waals surface area contributed by atoms with E-state index >= 15 is 0 Å². The van der Waals surface area contributed by atoms with E-state index in [-0.39, 0.29) is 11.4 Å². The summed E-state index contributed by atoms with van der Waals surface area (Å²) in [6.45, 7) is 0. The molecular weight excluding hydrogens is 192 g/mol. The van der Waals surface area contributed by atoms with Gasteiger partial charge in [0.15, 0.2) is 5.69 Å². The molecule has 0 unspecified atom stereocenters. The van der Waals surface area contributed by atoms with Crippen LogP contribution in [0.4, 0.5) is 0 Å². The van der Waals surface area contributed by atoms with Crippen LogP contribution in [0.3, 0.4) is 0 Å².